The van der Waals surface area contributed by atoms with Crippen LogP contribution in [-0.2, 0) is 13.0 Å². The quantitative estimate of drug-likeness (QED) is 0.614. The average Bonchev–Trinajstić information content (AvgIpc) is 3.15. The van der Waals surface area contributed by atoms with Crippen LogP contribution in [0.4, 0.5) is 4.79 Å². The van der Waals surface area contributed by atoms with Crippen LogP contribution in [0.3, 0.4) is 0 Å². The minimum Gasteiger partial charge on any atom is -0.338 e. The zero-order chi connectivity index (χ0) is 18.0. The van der Waals surface area contributed by atoms with E-state index < -0.39 is 0 Å². The smallest absolute Gasteiger partial charge is 0.314 e. The molecule has 0 saturated carbocycles. The van der Waals surface area contributed by atoms with Crippen LogP contribution < -0.4 is 10.6 Å². The Hall–Kier alpha value is -3.15. The highest BCUT2D eigenvalue weighted by molar-refractivity contribution is 5.73. The molecule has 2 amide bonds. The summed E-state index contributed by atoms with van der Waals surface area (Å²) in [5, 5.41) is 5.77. The lowest BCUT2D eigenvalue weighted by Gasteiger charge is -2.10. The number of hydrogen-bond acceptors (Lipinski definition) is 3. The highest BCUT2D eigenvalue weighted by atomic mass is 16.2. The van der Waals surface area contributed by atoms with Gasteiger partial charge in [0.05, 0.1) is 0 Å². The van der Waals surface area contributed by atoms with Crippen LogP contribution in [0.1, 0.15) is 12.0 Å². The van der Waals surface area contributed by atoms with E-state index in [0.29, 0.717) is 19.6 Å². The molecule has 0 fully saturated rings. The molecular weight excluding hydrogens is 326 g/mol. The Labute approximate surface area is 153 Å². The molecule has 0 atom stereocenters. The van der Waals surface area contributed by atoms with E-state index in [1.165, 1.54) is 5.56 Å². The SMILES string of the molecule is O=C(NCCCc1ccccc1)NCCn1ccnc1-c1ccccn1. The van der Waals surface area contributed by atoms with Crippen molar-refractivity contribution in [1.29, 1.82) is 0 Å². The summed E-state index contributed by atoms with van der Waals surface area (Å²) in [7, 11) is 0. The van der Waals surface area contributed by atoms with E-state index in [2.05, 4.69) is 32.7 Å². The molecule has 6 nitrogen and oxygen atoms in total. The summed E-state index contributed by atoms with van der Waals surface area (Å²) in [5.74, 6) is 0.802. The van der Waals surface area contributed by atoms with Gasteiger partial charge in [0.25, 0.3) is 0 Å². The molecule has 1 aromatic carbocycles. The maximum atomic E-state index is 11.9. The van der Waals surface area contributed by atoms with Crippen LogP contribution in [0, 0.1) is 0 Å². The predicted molar refractivity (Wildman–Crippen MR) is 102 cm³/mol. The largest absolute Gasteiger partial charge is 0.338 e. The van der Waals surface area contributed by atoms with Crippen LogP contribution in [0.25, 0.3) is 11.5 Å². The third kappa shape index (κ3) is 5.17. The second kappa shape index (κ2) is 9.36. The summed E-state index contributed by atoms with van der Waals surface area (Å²) < 4.78 is 1.98. The Morgan fingerprint density at radius 2 is 1.73 bits per heavy atom. The van der Waals surface area contributed by atoms with Crippen molar-refractivity contribution in [2.75, 3.05) is 13.1 Å². The summed E-state index contributed by atoms with van der Waals surface area (Å²) in [4.78, 5) is 20.5. The number of urea groups is 1. The van der Waals surface area contributed by atoms with E-state index >= 15 is 0 Å². The van der Waals surface area contributed by atoms with Gasteiger partial charge in [-0.3, -0.25) is 4.98 Å². The van der Waals surface area contributed by atoms with Crippen molar-refractivity contribution in [2.45, 2.75) is 19.4 Å². The first-order valence-electron chi connectivity index (χ1n) is 8.81. The molecule has 0 radical (unpaired) electrons. The molecule has 0 bridgehead atoms. The molecule has 0 spiro atoms. The maximum absolute atomic E-state index is 11.9. The van der Waals surface area contributed by atoms with Crippen LogP contribution >= 0.6 is 0 Å². The van der Waals surface area contributed by atoms with Crippen molar-refractivity contribution in [2.24, 2.45) is 0 Å². The molecule has 0 unspecified atom stereocenters. The van der Waals surface area contributed by atoms with Crippen molar-refractivity contribution in [3.8, 4) is 11.5 Å². The van der Waals surface area contributed by atoms with Crippen molar-refractivity contribution < 1.29 is 4.79 Å². The standard InChI is InChI=1S/C20H23N5O/c26-20(23-12-6-9-17-7-2-1-3-8-17)24-14-16-25-15-13-22-19(25)18-10-4-5-11-21-18/h1-5,7-8,10-11,13,15H,6,9,12,14,16H2,(H2,23,24,26). The third-order valence-corrected chi connectivity index (χ3v) is 4.02. The molecule has 3 rings (SSSR count). The van der Waals surface area contributed by atoms with E-state index in [-0.39, 0.29) is 6.03 Å². The van der Waals surface area contributed by atoms with Crippen LogP contribution in [0.2, 0.25) is 0 Å². The summed E-state index contributed by atoms with van der Waals surface area (Å²) >= 11 is 0. The number of aromatic nitrogens is 3. The highest BCUT2D eigenvalue weighted by Gasteiger charge is 2.07. The number of pyridine rings is 1. The van der Waals surface area contributed by atoms with Gasteiger partial charge in [0.2, 0.25) is 0 Å². The number of benzene rings is 1. The summed E-state index contributed by atoms with van der Waals surface area (Å²) in [6.45, 7) is 1.83. The lowest BCUT2D eigenvalue weighted by atomic mass is 10.1. The van der Waals surface area contributed by atoms with Gasteiger partial charge in [0.15, 0.2) is 5.82 Å². The third-order valence-electron chi connectivity index (χ3n) is 4.02. The zero-order valence-electron chi connectivity index (χ0n) is 14.6. The molecule has 2 N–H and O–H groups in total. The van der Waals surface area contributed by atoms with E-state index in [1.54, 1.807) is 12.4 Å². The minimum atomic E-state index is -0.141. The number of nitrogens with one attached hydrogen (secondary N) is 2. The number of amides is 2. The topological polar surface area (TPSA) is 71.8 Å². The zero-order valence-corrected chi connectivity index (χ0v) is 14.6. The van der Waals surface area contributed by atoms with Crippen molar-refractivity contribution in [3.05, 3.63) is 72.7 Å². The van der Waals surface area contributed by atoms with Gasteiger partial charge in [-0.2, -0.15) is 0 Å². The van der Waals surface area contributed by atoms with Crippen LogP contribution in [0.5, 0.6) is 0 Å². The van der Waals surface area contributed by atoms with E-state index in [0.717, 1.165) is 24.4 Å². The summed E-state index contributed by atoms with van der Waals surface area (Å²) in [6, 6.07) is 15.9. The fourth-order valence-electron chi connectivity index (χ4n) is 2.71. The van der Waals surface area contributed by atoms with Gasteiger partial charge in [0, 0.05) is 38.2 Å². The summed E-state index contributed by atoms with van der Waals surface area (Å²) in [6.07, 6.45) is 7.26. The van der Waals surface area contributed by atoms with Crippen molar-refractivity contribution in [1.82, 2.24) is 25.2 Å². The van der Waals surface area contributed by atoms with Crippen molar-refractivity contribution in [3.63, 3.8) is 0 Å². The monoisotopic (exact) mass is 349 g/mol. The predicted octanol–water partition coefficient (Wildman–Crippen LogP) is 2.88. The molecule has 3 aromatic rings. The second-order valence-electron chi connectivity index (χ2n) is 5.93. The molecule has 0 aliphatic rings. The van der Waals surface area contributed by atoms with Gasteiger partial charge in [0.1, 0.15) is 5.69 Å². The minimum absolute atomic E-state index is 0.141. The first kappa shape index (κ1) is 17.7. The Morgan fingerprint density at radius 3 is 2.54 bits per heavy atom. The number of carbonyl (C=O) groups excluding carboxylic acids is 1. The summed E-state index contributed by atoms with van der Waals surface area (Å²) in [5.41, 5.74) is 2.11. The maximum Gasteiger partial charge on any atom is 0.314 e. The number of hydrogen-bond donors (Lipinski definition) is 2. The molecule has 0 aliphatic carbocycles. The lowest BCUT2D eigenvalue weighted by Crippen LogP contribution is -2.37. The molecule has 26 heavy (non-hydrogen) atoms. The van der Waals surface area contributed by atoms with E-state index in [9.17, 15) is 4.79 Å². The normalized spacial score (nSPS) is 10.5. The molecule has 2 heterocycles. The van der Waals surface area contributed by atoms with Crippen molar-refractivity contribution >= 4 is 6.03 Å². The van der Waals surface area contributed by atoms with E-state index in [4.69, 9.17) is 0 Å². The Kier molecular flexibility index (Phi) is 6.36. The number of carbonyl (C=O) groups is 1. The Bertz CT molecular complexity index is 801. The second-order valence-corrected chi connectivity index (χ2v) is 5.93. The average molecular weight is 349 g/mol. The molecule has 0 aliphatic heterocycles. The molecule has 0 saturated heterocycles. The molecule has 6 heteroatoms. The van der Waals surface area contributed by atoms with Gasteiger partial charge < -0.3 is 15.2 Å². The van der Waals surface area contributed by atoms with Gasteiger partial charge in [-0.1, -0.05) is 36.4 Å². The van der Waals surface area contributed by atoms with Gasteiger partial charge in [-0.15, -0.1) is 0 Å². The number of rotatable bonds is 8. The first-order valence-corrected chi connectivity index (χ1v) is 8.81. The van der Waals surface area contributed by atoms with Gasteiger partial charge >= 0.3 is 6.03 Å². The highest BCUT2D eigenvalue weighted by Crippen LogP contribution is 2.13. The Balaban J connectivity index is 1.36. The van der Waals surface area contributed by atoms with Crippen LogP contribution in [0.15, 0.2) is 67.1 Å². The lowest BCUT2D eigenvalue weighted by molar-refractivity contribution is 0.240. The molecule has 134 valence electrons. The van der Waals surface area contributed by atoms with Crippen LogP contribution in [-0.4, -0.2) is 33.7 Å². The fraction of sp³-hybridized carbons (Fsp3) is 0.250. The first-order chi connectivity index (χ1) is 12.8. The number of aryl methyl sites for hydroxylation is 1. The van der Waals surface area contributed by atoms with E-state index in [1.807, 2.05) is 47.2 Å². The molecular formula is C20H23N5O. The number of nitrogens with zero attached hydrogens (tertiary/aromatic N) is 3. The number of imidazole rings is 1. The molecule has 2 aromatic heterocycles. The van der Waals surface area contributed by atoms with Gasteiger partial charge in [-0.25, -0.2) is 9.78 Å². The fourth-order valence-corrected chi connectivity index (χ4v) is 2.71. The van der Waals surface area contributed by atoms with Gasteiger partial charge in [-0.05, 0) is 30.5 Å². The Morgan fingerprint density at radius 1 is 0.923 bits per heavy atom.